The Kier molecular flexibility index (Phi) is 3.26. The van der Waals surface area contributed by atoms with Crippen molar-refractivity contribution >= 4 is 5.65 Å². The summed E-state index contributed by atoms with van der Waals surface area (Å²) in [6.45, 7) is 0.433. The molecule has 0 aliphatic carbocycles. The van der Waals surface area contributed by atoms with Gasteiger partial charge in [0, 0.05) is 25.0 Å². The number of fused-ring (bicyclic) bond motifs is 1. The van der Waals surface area contributed by atoms with Crippen molar-refractivity contribution in [3.05, 3.63) is 54.4 Å². The second-order valence-corrected chi connectivity index (χ2v) is 4.34. The minimum absolute atomic E-state index is 0.433. The molecule has 0 saturated carbocycles. The highest BCUT2D eigenvalue weighted by Crippen LogP contribution is 2.27. The molecule has 0 fully saturated rings. The fraction of sp³-hybridized carbons (Fsp3) is 0.133. The van der Waals surface area contributed by atoms with Gasteiger partial charge in [-0.05, 0) is 29.8 Å². The highest BCUT2D eigenvalue weighted by molar-refractivity contribution is 5.44. The molecule has 0 amide bonds. The standard InChI is InChI=1S/C15H15N3O2/c1-19-12-7-11(10-16)8-13(9-12)20-15-4-2-3-14-17-5-6-18(14)15/h2-9H,10,16H2,1H3. The van der Waals surface area contributed by atoms with Crippen LogP contribution in [0.1, 0.15) is 5.56 Å². The Morgan fingerprint density at radius 2 is 2.05 bits per heavy atom. The van der Waals surface area contributed by atoms with Gasteiger partial charge in [-0.3, -0.25) is 4.40 Å². The van der Waals surface area contributed by atoms with Gasteiger partial charge in [-0.25, -0.2) is 4.98 Å². The van der Waals surface area contributed by atoms with Gasteiger partial charge in [0.25, 0.3) is 0 Å². The minimum atomic E-state index is 0.433. The molecular formula is C15H15N3O2. The largest absolute Gasteiger partial charge is 0.497 e. The van der Waals surface area contributed by atoms with Crippen molar-refractivity contribution in [2.75, 3.05) is 7.11 Å². The molecule has 2 N–H and O–H groups in total. The molecule has 102 valence electrons. The van der Waals surface area contributed by atoms with Crippen LogP contribution in [0.4, 0.5) is 0 Å². The van der Waals surface area contributed by atoms with Crippen LogP contribution in [0.15, 0.2) is 48.8 Å². The normalized spacial score (nSPS) is 10.7. The van der Waals surface area contributed by atoms with E-state index in [0.29, 0.717) is 18.2 Å². The monoisotopic (exact) mass is 269 g/mol. The summed E-state index contributed by atoms with van der Waals surface area (Å²) in [7, 11) is 1.62. The van der Waals surface area contributed by atoms with Gasteiger partial charge in [0.15, 0.2) is 0 Å². The molecule has 1 aromatic carbocycles. The fourth-order valence-corrected chi connectivity index (χ4v) is 2.05. The highest BCUT2D eigenvalue weighted by Gasteiger charge is 2.06. The number of hydrogen-bond acceptors (Lipinski definition) is 4. The summed E-state index contributed by atoms with van der Waals surface area (Å²) >= 11 is 0. The van der Waals surface area contributed by atoms with Crippen LogP contribution in [0.2, 0.25) is 0 Å². The predicted molar refractivity (Wildman–Crippen MR) is 76.2 cm³/mol. The maximum atomic E-state index is 5.92. The first-order valence-corrected chi connectivity index (χ1v) is 6.28. The lowest BCUT2D eigenvalue weighted by molar-refractivity contribution is 0.406. The van der Waals surface area contributed by atoms with Gasteiger partial charge in [0.1, 0.15) is 17.1 Å². The third kappa shape index (κ3) is 2.31. The van der Waals surface area contributed by atoms with Gasteiger partial charge in [0.2, 0.25) is 5.88 Å². The highest BCUT2D eigenvalue weighted by atomic mass is 16.5. The number of ether oxygens (including phenoxy) is 2. The molecule has 5 nitrogen and oxygen atoms in total. The fourth-order valence-electron chi connectivity index (χ4n) is 2.05. The van der Waals surface area contributed by atoms with Gasteiger partial charge >= 0.3 is 0 Å². The van der Waals surface area contributed by atoms with Crippen molar-refractivity contribution in [1.82, 2.24) is 9.38 Å². The molecule has 0 spiro atoms. The molecule has 3 aromatic rings. The number of imidazole rings is 1. The van der Waals surface area contributed by atoms with E-state index < -0.39 is 0 Å². The van der Waals surface area contributed by atoms with Gasteiger partial charge in [-0.1, -0.05) is 6.07 Å². The van der Waals surface area contributed by atoms with Gasteiger partial charge < -0.3 is 15.2 Å². The van der Waals surface area contributed by atoms with Gasteiger partial charge in [0.05, 0.1) is 7.11 Å². The van der Waals surface area contributed by atoms with E-state index in [1.165, 1.54) is 0 Å². The Hall–Kier alpha value is -2.53. The summed E-state index contributed by atoms with van der Waals surface area (Å²) in [6.07, 6.45) is 3.59. The molecule has 0 aliphatic heterocycles. The average Bonchev–Trinajstić information content (AvgIpc) is 2.96. The number of aromatic nitrogens is 2. The molecule has 2 aromatic heterocycles. The zero-order valence-corrected chi connectivity index (χ0v) is 11.1. The van der Waals surface area contributed by atoms with E-state index in [1.807, 2.05) is 47.0 Å². The van der Waals surface area contributed by atoms with Crippen molar-refractivity contribution in [2.24, 2.45) is 5.73 Å². The second kappa shape index (κ2) is 5.22. The minimum Gasteiger partial charge on any atom is -0.497 e. The van der Waals surface area contributed by atoms with Crippen LogP contribution in [-0.2, 0) is 6.54 Å². The van der Waals surface area contributed by atoms with Gasteiger partial charge in [-0.15, -0.1) is 0 Å². The summed E-state index contributed by atoms with van der Waals surface area (Å²) in [6, 6.07) is 11.3. The number of pyridine rings is 1. The number of methoxy groups -OCH3 is 1. The number of nitrogens with zero attached hydrogens (tertiary/aromatic N) is 2. The average molecular weight is 269 g/mol. The molecule has 0 aliphatic rings. The topological polar surface area (TPSA) is 61.8 Å². The van der Waals surface area contributed by atoms with Crippen LogP contribution in [-0.4, -0.2) is 16.5 Å². The van der Waals surface area contributed by atoms with E-state index in [9.17, 15) is 0 Å². The molecule has 0 unspecified atom stereocenters. The first-order valence-electron chi connectivity index (χ1n) is 6.28. The first-order chi connectivity index (χ1) is 9.80. The van der Waals surface area contributed by atoms with E-state index in [0.717, 1.165) is 17.0 Å². The molecule has 0 radical (unpaired) electrons. The maximum Gasteiger partial charge on any atom is 0.205 e. The molecule has 0 bridgehead atoms. The smallest absolute Gasteiger partial charge is 0.205 e. The van der Waals surface area contributed by atoms with Crippen molar-refractivity contribution in [1.29, 1.82) is 0 Å². The Morgan fingerprint density at radius 3 is 2.85 bits per heavy atom. The summed E-state index contributed by atoms with van der Waals surface area (Å²) in [4.78, 5) is 4.23. The van der Waals surface area contributed by atoms with Crippen LogP contribution in [0, 0.1) is 0 Å². The Balaban J connectivity index is 2.00. The van der Waals surface area contributed by atoms with E-state index in [-0.39, 0.29) is 0 Å². The Labute approximate surface area is 116 Å². The van der Waals surface area contributed by atoms with Gasteiger partial charge in [-0.2, -0.15) is 0 Å². The van der Waals surface area contributed by atoms with E-state index >= 15 is 0 Å². The third-order valence-corrected chi connectivity index (χ3v) is 3.02. The summed E-state index contributed by atoms with van der Waals surface area (Å²) in [5, 5.41) is 0. The molecule has 2 heterocycles. The maximum absolute atomic E-state index is 5.92. The van der Waals surface area contributed by atoms with Crippen LogP contribution in [0.25, 0.3) is 5.65 Å². The quantitative estimate of drug-likeness (QED) is 0.790. The van der Waals surface area contributed by atoms with Crippen molar-refractivity contribution in [3.63, 3.8) is 0 Å². The zero-order valence-electron chi connectivity index (χ0n) is 11.1. The molecule has 20 heavy (non-hydrogen) atoms. The van der Waals surface area contributed by atoms with Crippen LogP contribution >= 0.6 is 0 Å². The summed E-state index contributed by atoms with van der Waals surface area (Å²) in [5.41, 5.74) is 7.48. The summed E-state index contributed by atoms with van der Waals surface area (Å²) < 4.78 is 13.1. The van der Waals surface area contributed by atoms with E-state index in [1.54, 1.807) is 13.3 Å². The van der Waals surface area contributed by atoms with Crippen molar-refractivity contribution < 1.29 is 9.47 Å². The third-order valence-electron chi connectivity index (χ3n) is 3.02. The second-order valence-electron chi connectivity index (χ2n) is 4.34. The Bertz CT molecular complexity index is 715. The molecule has 0 saturated heterocycles. The van der Waals surface area contributed by atoms with Crippen LogP contribution < -0.4 is 15.2 Å². The first kappa shape index (κ1) is 12.5. The number of nitrogens with two attached hydrogens (primary N) is 1. The van der Waals surface area contributed by atoms with Crippen molar-refractivity contribution in [2.45, 2.75) is 6.54 Å². The van der Waals surface area contributed by atoms with Crippen LogP contribution in [0.3, 0.4) is 0 Å². The SMILES string of the molecule is COc1cc(CN)cc(Oc2cccc3nccn23)c1. The number of benzene rings is 1. The Morgan fingerprint density at radius 1 is 1.20 bits per heavy atom. The molecule has 3 rings (SSSR count). The van der Waals surface area contributed by atoms with Crippen LogP contribution in [0.5, 0.6) is 17.4 Å². The lowest BCUT2D eigenvalue weighted by atomic mass is 10.2. The summed E-state index contributed by atoms with van der Waals surface area (Å²) in [5.74, 6) is 2.10. The zero-order chi connectivity index (χ0) is 13.9. The number of rotatable bonds is 4. The number of hydrogen-bond donors (Lipinski definition) is 1. The lowest BCUT2D eigenvalue weighted by Gasteiger charge is -2.11. The van der Waals surface area contributed by atoms with E-state index in [2.05, 4.69) is 4.98 Å². The van der Waals surface area contributed by atoms with E-state index in [4.69, 9.17) is 15.2 Å². The molecule has 5 heteroatoms. The lowest BCUT2D eigenvalue weighted by Crippen LogP contribution is -1.99. The predicted octanol–water partition coefficient (Wildman–Crippen LogP) is 2.59. The molecular weight excluding hydrogens is 254 g/mol. The van der Waals surface area contributed by atoms with Crippen molar-refractivity contribution in [3.8, 4) is 17.4 Å². The molecule has 0 atom stereocenters.